The van der Waals surface area contributed by atoms with E-state index in [-0.39, 0.29) is 0 Å². The van der Waals surface area contributed by atoms with Gasteiger partial charge in [-0.25, -0.2) is 4.98 Å². The average molecular weight is 337 g/mol. The van der Waals surface area contributed by atoms with Crippen molar-refractivity contribution in [2.75, 3.05) is 44.2 Å². The third-order valence-corrected chi connectivity index (χ3v) is 6.17. The van der Waals surface area contributed by atoms with E-state index >= 15 is 0 Å². The number of aromatic nitrogens is 1. The molecular weight excluding hydrogens is 308 g/mol. The van der Waals surface area contributed by atoms with Crippen LogP contribution in [0, 0.1) is 18.8 Å². The van der Waals surface area contributed by atoms with Crippen molar-refractivity contribution >= 4 is 22.4 Å². The molecule has 23 heavy (non-hydrogen) atoms. The SMILES string of the molecule is Cc1csc(N2CCN(C(=O)CC(C)C3CCCNC3)CC2)n1. The molecule has 0 radical (unpaired) electrons. The van der Waals surface area contributed by atoms with Gasteiger partial charge in [-0.05, 0) is 44.7 Å². The van der Waals surface area contributed by atoms with Crippen LogP contribution in [0.5, 0.6) is 0 Å². The summed E-state index contributed by atoms with van der Waals surface area (Å²) < 4.78 is 0. The van der Waals surface area contributed by atoms with E-state index in [1.807, 2.05) is 11.8 Å². The molecule has 5 nitrogen and oxygen atoms in total. The van der Waals surface area contributed by atoms with E-state index in [0.717, 1.165) is 50.1 Å². The monoisotopic (exact) mass is 336 g/mol. The first-order valence-electron chi connectivity index (χ1n) is 8.79. The van der Waals surface area contributed by atoms with Gasteiger partial charge in [0.05, 0.1) is 5.69 Å². The van der Waals surface area contributed by atoms with Gasteiger partial charge < -0.3 is 15.1 Å². The molecule has 0 saturated carbocycles. The summed E-state index contributed by atoms with van der Waals surface area (Å²) in [4.78, 5) is 21.5. The molecule has 1 N–H and O–H groups in total. The molecule has 0 aromatic carbocycles. The molecule has 2 saturated heterocycles. The summed E-state index contributed by atoms with van der Waals surface area (Å²) in [6, 6.07) is 0. The Morgan fingerprint density at radius 2 is 2.22 bits per heavy atom. The molecule has 2 aliphatic heterocycles. The van der Waals surface area contributed by atoms with Gasteiger partial charge in [0.15, 0.2) is 5.13 Å². The summed E-state index contributed by atoms with van der Waals surface area (Å²) in [5, 5.41) is 6.64. The molecule has 2 unspecified atom stereocenters. The van der Waals surface area contributed by atoms with Gasteiger partial charge in [0.1, 0.15) is 0 Å². The number of hydrogen-bond donors (Lipinski definition) is 1. The number of rotatable bonds is 4. The molecular formula is C17H28N4OS. The quantitative estimate of drug-likeness (QED) is 0.915. The minimum Gasteiger partial charge on any atom is -0.345 e. The van der Waals surface area contributed by atoms with E-state index in [1.54, 1.807) is 11.3 Å². The van der Waals surface area contributed by atoms with Crippen molar-refractivity contribution in [2.45, 2.75) is 33.1 Å². The zero-order valence-corrected chi connectivity index (χ0v) is 15.1. The Labute approximate surface area is 143 Å². The lowest BCUT2D eigenvalue weighted by atomic mass is 9.85. The molecule has 3 rings (SSSR count). The van der Waals surface area contributed by atoms with Crippen molar-refractivity contribution in [1.29, 1.82) is 0 Å². The molecule has 3 heterocycles. The van der Waals surface area contributed by atoms with Crippen molar-refractivity contribution in [1.82, 2.24) is 15.2 Å². The third-order valence-electron chi connectivity index (χ3n) is 5.15. The Hall–Kier alpha value is -1.14. The summed E-state index contributed by atoms with van der Waals surface area (Å²) in [6.45, 7) is 9.93. The van der Waals surface area contributed by atoms with E-state index in [1.165, 1.54) is 12.8 Å². The second kappa shape index (κ2) is 7.62. The van der Waals surface area contributed by atoms with Crippen LogP contribution in [-0.4, -0.2) is 55.1 Å². The second-order valence-electron chi connectivity index (χ2n) is 6.93. The lowest BCUT2D eigenvalue weighted by molar-refractivity contribution is -0.132. The molecule has 1 aromatic heterocycles. The molecule has 2 atom stereocenters. The van der Waals surface area contributed by atoms with E-state index < -0.39 is 0 Å². The highest BCUT2D eigenvalue weighted by atomic mass is 32.1. The molecule has 0 aliphatic carbocycles. The zero-order chi connectivity index (χ0) is 16.2. The Balaban J connectivity index is 1.46. The Bertz CT molecular complexity index is 518. The molecule has 128 valence electrons. The Morgan fingerprint density at radius 1 is 1.43 bits per heavy atom. The molecule has 1 amide bonds. The van der Waals surface area contributed by atoms with Crippen LogP contribution in [-0.2, 0) is 4.79 Å². The van der Waals surface area contributed by atoms with Crippen LogP contribution >= 0.6 is 11.3 Å². The van der Waals surface area contributed by atoms with E-state index in [0.29, 0.717) is 24.2 Å². The largest absolute Gasteiger partial charge is 0.345 e. The molecule has 2 aliphatic rings. The maximum Gasteiger partial charge on any atom is 0.222 e. The van der Waals surface area contributed by atoms with E-state index in [9.17, 15) is 4.79 Å². The number of amides is 1. The van der Waals surface area contributed by atoms with Crippen molar-refractivity contribution in [3.05, 3.63) is 11.1 Å². The van der Waals surface area contributed by atoms with E-state index in [4.69, 9.17) is 0 Å². The number of nitrogens with one attached hydrogen (secondary N) is 1. The Morgan fingerprint density at radius 3 is 2.83 bits per heavy atom. The lowest BCUT2D eigenvalue weighted by Gasteiger charge is -2.36. The van der Waals surface area contributed by atoms with Crippen LogP contribution in [0.15, 0.2) is 5.38 Å². The predicted molar refractivity (Wildman–Crippen MR) is 95.0 cm³/mol. The first-order valence-corrected chi connectivity index (χ1v) is 9.67. The molecule has 6 heteroatoms. The van der Waals surface area contributed by atoms with Crippen LogP contribution in [0.25, 0.3) is 0 Å². The van der Waals surface area contributed by atoms with Gasteiger partial charge in [-0.15, -0.1) is 11.3 Å². The molecule has 1 aromatic rings. The minimum absolute atomic E-state index is 0.332. The number of carbonyl (C=O) groups excluding carboxylic acids is 1. The smallest absolute Gasteiger partial charge is 0.222 e. The average Bonchev–Trinajstić information content (AvgIpc) is 3.02. The fraction of sp³-hybridized carbons (Fsp3) is 0.765. The van der Waals surface area contributed by atoms with Gasteiger partial charge >= 0.3 is 0 Å². The number of thiazole rings is 1. The van der Waals surface area contributed by atoms with Crippen LogP contribution in [0.2, 0.25) is 0 Å². The van der Waals surface area contributed by atoms with Crippen molar-refractivity contribution < 1.29 is 4.79 Å². The number of hydrogen-bond acceptors (Lipinski definition) is 5. The summed E-state index contributed by atoms with van der Waals surface area (Å²) in [5.74, 6) is 1.47. The first-order chi connectivity index (χ1) is 11.1. The number of anilines is 1. The fourth-order valence-corrected chi connectivity index (χ4v) is 4.43. The van der Waals surface area contributed by atoms with Gasteiger partial charge in [-0.3, -0.25) is 4.79 Å². The highest BCUT2D eigenvalue weighted by Gasteiger charge is 2.27. The minimum atomic E-state index is 0.332. The van der Waals surface area contributed by atoms with Gasteiger partial charge in [0.2, 0.25) is 5.91 Å². The van der Waals surface area contributed by atoms with Crippen LogP contribution in [0.1, 0.15) is 31.9 Å². The summed E-state index contributed by atoms with van der Waals surface area (Å²) >= 11 is 1.70. The standard InChI is InChI=1S/C17H28N4OS/c1-13(15-4-3-5-18-11-15)10-16(22)20-6-8-21(9-7-20)17-19-14(2)12-23-17/h12-13,15,18H,3-11H2,1-2H3. The van der Waals surface area contributed by atoms with Gasteiger partial charge in [-0.1, -0.05) is 6.92 Å². The molecule has 2 fully saturated rings. The number of carbonyl (C=O) groups is 1. The normalized spacial score (nSPS) is 23.8. The van der Waals surface area contributed by atoms with Crippen molar-refractivity contribution in [2.24, 2.45) is 11.8 Å². The number of aryl methyl sites for hydroxylation is 1. The number of piperidine rings is 1. The number of piperazine rings is 1. The third kappa shape index (κ3) is 4.23. The van der Waals surface area contributed by atoms with Crippen molar-refractivity contribution in [3.63, 3.8) is 0 Å². The maximum atomic E-state index is 12.6. The van der Waals surface area contributed by atoms with Gasteiger partial charge in [-0.2, -0.15) is 0 Å². The topological polar surface area (TPSA) is 48.5 Å². The second-order valence-corrected chi connectivity index (χ2v) is 7.76. The molecule has 0 spiro atoms. The summed E-state index contributed by atoms with van der Waals surface area (Å²) in [5.41, 5.74) is 1.08. The van der Waals surface area contributed by atoms with Gasteiger partial charge in [0.25, 0.3) is 0 Å². The predicted octanol–water partition coefficient (Wildman–Crippen LogP) is 2.13. The highest BCUT2D eigenvalue weighted by Crippen LogP contribution is 2.25. The zero-order valence-electron chi connectivity index (χ0n) is 14.3. The van der Waals surface area contributed by atoms with Crippen LogP contribution in [0.4, 0.5) is 5.13 Å². The Kier molecular flexibility index (Phi) is 5.54. The van der Waals surface area contributed by atoms with Crippen LogP contribution in [0.3, 0.4) is 0 Å². The van der Waals surface area contributed by atoms with E-state index in [2.05, 4.69) is 27.5 Å². The summed E-state index contributed by atoms with van der Waals surface area (Å²) in [7, 11) is 0. The highest BCUT2D eigenvalue weighted by molar-refractivity contribution is 7.13. The lowest BCUT2D eigenvalue weighted by Crippen LogP contribution is -2.49. The number of nitrogens with zero attached hydrogens (tertiary/aromatic N) is 3. The molecule has 0 bridgehead atoms. The van der Waals surface area contributed by atoms with Gasteiger partial charge in [0, 0.05) is 38.0 Å². The fourth-order valence-electron chi connectivity index (χ4n) is 3.57. The first kappa shape index (κ1) is 16.7. The summed E-state index contributed by atoms with van der Waals surface area (Å²) in [6.07, 6.45) is 3.20. The van der Waals surface area contributed by atoms with Crippen molar-refractivity contribution in [3.8, 4) is 0 Å². The maximum absolute atomic E-state index is 12.6. The van der Waals surface area contributed by atoms with Crippen LogP contribution < -0.4 is 10.2 Å².